The lowest BCUT2D eigenvalue weighted by Gasteiger charge is -2.27. The first-order valence-electron chi connectivity index (χ1n) is 6.60. The van der Waals surface area contributed by atoms with Crippen molar-refractivity contribution in [1.29, 1.82) is 0 Å². The van der Waals surface area contributed by atoms with E-state index in [1.807, 2.05) is 18.2 Å². The lowest BCUT2D eigenvalue weighted by atomic mass is 9.78. The Morgan fingerprint density at radius 1 is 1.21 bits per heavy atom. The van der Waals surface area contributed by atoms with E-state index in [0.717, 1.165) is 24.8 Å². The number of rotatable bonds is 4. The van der Waals surface area contributed by atoms with E-state index in [4.69, 9.17) is 14.6 Å². The van der Waals surface area contributed by atoms with Gasteiger partial charge in [0, 0.05) is 0 Å². The summed E-state index contributed by atoms with van der Waals surface area (Å²) >= 11 is 0. The van der Waals surface area contributed by atoms with E-state index in [1.165, 1.54) is 0 Å². The molecule has 1 aromatic carbocycles. The Bertz CT molecular complexity index is 455. The van der Waals surface area contributed by atoms with Gasteiger partial charge in [0.05, 0.1) is 20.1 Å². The normalized spacial score (nSPS) is 22.8. The summed E-state index contributed by atoms with van der Waals surface area (Å²) in [6.07, 6.45) is 3.51. The van der Waals surface area contributed by atoms with E-state index in [1.54, 1.807) is 14.2 Å². The van der Waals surface area contributed by atoms with Crippen LogP contribution in [-0.2, 0) is 4.79 Å². The molecule has 1 aromatic rings. The average molecular weight is 264 g/mol. The highest BCUT2D eigenvalue weighted by Gasteiger charge is 2.28. The first-order valence-corrected chi connectivity index (χ1v) is 6.60. The largest absolute Gasteiger partial charge is 0.493 e. The molecule has 4 nitrogen and oxygen atoms in total. The zero-order chi connectivity index (χ0) is 13.8. The molecule has 19 heavy (non-hydrogen) atoms. The van der Waals surface area contributed by atoms with Crippen LogP contribution in [0.5, 0.6) is 11.5 Å². The van der Waals surface area contributed by atoms with E-state index < -0.39 is 5.97 Å². The Balaban J connectivity index is 2.19. The van der Waals surface area contributed by atoms with Gasteiger partial charge in [0.2, 0.25) is 0 Å². The fourth-order valence-corrected chi connectivity index (χ4v) is 2.82. The smallest absolute Gasteiger partial charge is 0.306 e. The van der Waals surface area contributed by atoms with Crippen LogP contribution in [0.15, 0.2) is 18.2 Å². The summed E-state index contributed by atoms with van der Waals surface area (Å²) in [5.74, 6) is 0.820. The molecule has 0 aromatic heterocycles. The summed E-state index contributed by atoms with van der Waals surface area (Å²) in [6, 6.07) is 5.86. The third-order valence-corrected chi connectivity index (χ3v) is 3.90. The molecule has 0 radical (unpaired) electrons. The van der Waals surface area contributed by atoms with Crippen LogP contribution in [0.1, 0.15) is 37.2 Å². The van der Waals surface area contributed by atoms with E-state index in [-0.39, 0.29) is 5.92 Å². The van der Waals surface area contributed by atoms with Crippen LogP contribution in [-0.4, -0.2) is 25.3 Å². The monoisotopic (exact) mass is 264 g/mol. The van der Waals surface area contributed by atoms with Gasteiger partial charge < -0.3 is 14.6 Å². The zero-order valence-electron chi connectivity index (χ0n) is 11.4. The number of hydrogen-bond acceptors (Lipinski definition) is 3. The van der Waals surface area contributed by atoms with Crippen LogP contribution in [0.3, 0.4) is 0 Å². The molecule has 1 fully saturated rings. The van der Waals surface area contributed by atoms with E-state index >= 15 is 0 Å². The van der Waals surface area contributed by atoms with Gasteiger partial charge in [-0.05, 0) is 42.9 Å². The number of benzene rings is 1. The van der Waals surface area contributed by atoms with Gasteiger partial charge in [0.25, 0.3) is 0 Å². The minimum absolute atomic E-state index is 0.216. The summed E-state index contributed by atoms with van der Waals surface area (Å²) in [6.45, 7) is 0. The number of ether oxygens (including phenoxy) is 2. The van der Waals surface area contributed by atoms with Crippen LogP contribution in [0.2, 0.25) is 0 Å². The van der Waals surface area contributed by atoms with Crippen LogP contribution < -0.4 is 9.47 Å². The Morgan fingerprint density at radius 3 is 2.58 bits per heavy atom. The molecule has 0 aliphatic heterocycles. The second kappa shape index (κ2) is 5.95. The second-order valence-electron chi connectivity index (χ2n) is 5.01. The van der Waals surface area contributed by atoms with E-state index in [9.17, 15) is 4.79 Å². The SMILES string of the molecule is COc1ccc(C2CCCC(C(=O)O)C2)cc1OC. The third kappa shape index (κ3) is 3.00. The van der Waals surface area contributed by atoms with Crippen LogP contribution in [0.4, 0.5) is 0 Å². The molecule has 1 saturated carbocycles. The first kappa shape index (κ1) is 13.7. The van der Waals surface area contributed by atoms with Gasteiger partial charge in [-0.3, -0.25) is 4.79 Å². The summed E-state index contributed by atoms with van der Waals surface area (Å²) in [5.41, 5.74) is 1.14. The zero-order valence-corrected chi connectivity index (χ0v) is 11.4. The van der Waals surface area contributed by atoms with Gasteiger partial charge >= 0.3 is 5.97 Å². The van der Waals surface area contributed by atoms with Crippen molar-refractivity contribution in [3.8, 4) is 11.5 Å². The van der Waals surface area contributed by atoms with Gasteiger partial charge in [-0.25, -0.2) is 0 Å². The summed E-state index contributed by atoms with van der Waals surface area (Å²) in [4.78, 5) is 11.1. The number of carbonyl (C=O) groups is 1. The Hall–Kier alpha value is -1.71. The van der Waals surface area contributed by atoms with Crippen molar-refractivity contribution in [2.45, 2.75) is 31.6 Å². The van der Waals surface area contributed by atoms with Crippen molar-refractivity contribution in [3.05, 3.63) is 23.8 Å². The lowest BCUT2D eigenvalue weighted by molar-refractivity contribution is -0.142. The highest BCUT2D eigenvalue weighted by Crippen LogP contribution is 2.39. The Morgan fingerprint density at radius 2 is 1.95 bits per heavy atom. The highest BCUT2D eigenvalue weighted by molar-refractivity contribution is 5.70. The summed E-state index contributed by atoms with van der Waals surface area (Å²) in [7, 11) is 3.22. The van der Waals surface area contributed by atoms with Gasteiger partial charge in [-0.2, -0.15) is 0 Å². The molecule has 0 amide bonds. The molecule has 1 N–H and O–H groups in total. The molecule has 2 unspecified atom stereocenters. The average Bonchev–Trinajstić information content (AvgIpc) is 2.46. The number of carboxylic acids is 1. The predicted molar refractivity (Wildman–Crippen MR) is 71.9 cm³/mol. The van der Waals surface area contributed by atoms with Gasteiger partial charge in [0.15, 0.2) is 11.5 Å². The van der Waals surface area contributed by atoms with Crippen LogP contribution in [0.25, 0.3) is 0 Å². The fourth-order valence-electron chi connectivity index (χ4n) is 2.82. The number of methoxy groups -OCH3 is 2. The molecule has 1 aliphatic rings. The molecule has 2 atom stereocenters. The number of hydrogen-bond donors (Lipinski definition) is 1. The second-order valence-corrected chi connectivity index (χ2v) is 5.01. The lowest BCUT2D eigenvalue weighted by Crippen LogP contribution is -2.21. The number of carboxylic acid groups (broad SMARTS) is 1. The summed E-state index contributed by atoms with van der Waals surface area (Å²) < 4.78 is 10.5. The molecule has 0 spiro atoms. The molecule has 104 valence electrons. The minimum atomic E-state index is -0.676. The van der Waals surface area contributed by atoms with Crippen molar-refractivity contribution in [2.75, 3.05) is 14.2 Å². The highest BCUT2D eigenvalue weighted by atomic mass is 16.5. The first-order chi connectivity index (χ1) is 9.15. The van der Waals surface area contributed by atoms with E-state index in [0.29, 0.717) is 23.8 Å². The van der Waals surface area contributed by atoms with Crippen LogP contribution in [0, 0.1) is 5.92 Å². The molecule has 0 saturated heterocycles. The maximum Gasteiger partial charge on any atom is 0.306 e. The molecule has 1 aliphatic carbocycles. The van der Waals surface area contributed by atoms with Crippen LogP contribution >= 0.6 is 0 Å². The molecule has 2 rings (SSSR count). The molecular weight excluding hydrogens is 244 g/mol. The summed E-state index contributed by atoms with van der Waals surface area (Å²) in [5, 5.41) is 9.14. The van der Waals surface area contributed by atoms with Crippen molar-refractivity contribution >= 4 is 5.97 Å². The van der Waals surface area contributed by atoms with Gasteiger partial charge in [0.1, 0.15) is 0 Å². The molecule has 0 heterocycles. The van der Waals surface area contributed by atoms with Gasteiger partial charge in [-0.1, -0.05) is 12.5 Å². The molecule has 0 bridgehead atoms. The Kier molecular flexibility index (Phi) is 4.30. The van der Waals surface area contributed by atoms with E-state index in [2.05, 4.69) is 0 Å². The quantitative estimate of drug-likeness (QED) is 0.908. The van der Waals surface area contributed by atoms with Crippen molar-refractivity contribution in [1.82, 2.24) is 0 Å². The standard InChI is InChI=1S/C15H20O4/c1-18-13-7-6-11(9-14(13)19-2)10-4-3-5-12(8-10)15(16)17/h6-7,9-10,12H,3-5,8H2,1-2H3,(H,16,17). The van der Waals surface area contributed by atoms with Crippen molar-refractivity contribution < 1.29 is 19.4 Å². The molecule has 4 heteroatoms. The van der Waals surface area contributed by atoms with Crippen molar-refractivity contribution in [3.63, 3.8) is 0 Å². The maximum atomic E-state index is 11.1. The minimum Gasteiger partial charge on any atom is -0.493 e. The Labute approximate surface area is 113 Å². The fraction of sp³-hybridized carbons (Fsp3) is 0.533. The van der Waals surface area contributed by atoms with Crippen molar-refractivity contribution in [2.24, 2.45) is 5.92 Å². The van der Waals surface area contributed by atoms with Gasteiger partial charge in [-0.15, -0.1) is 0 Å². The molecular formula is C15H20O4. The predicted octanol–water partition coefficient (Wildman–Crippen LogP) is 3.06. The maximum absolute atomic E-state index is 11.1. The third-order valence-electron chi connectivity index (χ3n) is 3.90. The topological polar surface area (TPSA) is 55.8 Å². The number of aliphatic carboxylic acids is 1.